The van der Waals surface area contributed by atoms with Crippen LogP contribution in [0.2, 0.25) is 5.28 Å². The van der Waals surface area contributed by atoms with E-state index in [0.29, 0.717) is 0 Å². The van der Waals surface area contributed by atoms with Gasteiger partial charge in [-0.2, -0.15) is 9.97 Å². The first-order valence-corrected chi connectivity index (χ1v) is 8.84. The summed E-state index contributed by atoms with van der Waals surface area (Å²) in [6.07, 6.45) is -2.70. The summed E-state index contributed by atoms with van der Waals surface area (Å²) in [7, 11) is 0. The molecule has 2 N–H and O–H groups in total. The predicted octanol–water partition coefficient (Wildman–Crippen LogP) is 0.386. The molecule has 13 heteroatoms. The minimum atomic E-state index is -1.08. The van der Waals surface area contributed by atoms with Crippen molar-refractivity contribution >= 4 is 46.5 Å². The summed E-state index contributed by atoms with van der Waals surface area (Å²) in [5.74, 6) is -1.77. The highest BCUT2D eigenvalue weighted by Gasteiger charge is 2.51. The van der Waals surface area contributed by atoms with Crippen LogP contribution < -0.4 is 5.73 Å². The van der Waals surface area contributed by atoms with Crippen LogP contribution in [0.1, 0.15) is 27.0 Å². The molecule has 1 aliphatic rings. The fourth-order valence-corrected chi connectivity index (χ4v) is 3.18. The molecule has 3 heterocycles. The van der Waals surface area contributed by atoms with E-state index >= 15 is 0 Å². The number of carbonyl (C=O) groups is 3. The Bertz CT molecular complexity index is 965. The molecule has 0 bridgehead atoms. The number of carbonyl (C=O) groups excluding carboxylic acids is 3. The summed E-state index contributed by atoms with van der Waals surface area (Å²) in [5.41, 5.74) is 6.30. The highest BCUT2D eigenvalue weighted by molar-refractivity contribution is 6.28. The van der Waals surface area contributed by atoms with E-state index < -0.39 is 42.4 Å². The largest absolute Gasteiger partial charge is 0.463 e. The first kappa shape index (κ1) is 20.7. The van der Waals surface area contributed by atoms with Crippen LogP contribution in [0, 0.1) is 0 Å². The first-order valence-electron chi connectivity index (χ1n) is 8.46. The quantitative estimate of drug-likeness (QED) is 0.399. The normalized spacial score (nSPS) is 23.7. The second-order valence-electron chi connectivity index (χ2n) is 6.22. The number of aromatic nitrogens is 4. The number of nitrogens with two attached hydrogens (primary N) is 1. The molecule has 0 aliphatic carbocycles. The van der Waals surface area contributed by atoms with Crippen LogP contribution in [-0.4, -0.2) is 62.3 Å². The number of imidazole rings is 1. The second kappa shape index (κ2) is 8.17. The molecule has 1 fully saturated rings. The van der Waals surface area contributed by atoms with Gasteiger partial charge in [0.05, 0.1) is 6.33 Å². The van der Waals surface area contributed by atoms with E-state index in [4.69, 9.17) is 36.3 Å². The number of hydrogen-bond donors (Lipinski definition) is 1. The Hall–Kier alpha value is -2.99. The number of fused-ring (bicyclic) bond motifs is 1. The molecule has 3 rings (SSSR count). The van der Waals surface area contributed by atoms with Crippen molar-refractivity contribution < 1.29 is 33.3 Å². The molecule has 0 radical (unpaired) electrons. The minimum Gasteiger partial charge on any atom is -0.463 e. The highest BCUT2D eigenvalue weighted by atomic mass is 35.5. The summed E-state index contributed by atoms with van der Waals surface area (Å²) < 4.78 is 23.0. The Morgan fingerprint density at radius 1 is 1.14 bits per heavy atom. The van der Waals surface area contributed by atoms with E-state index in [-0.39, 0.29) is 28.9 Å². The van der Waals surface area contributed by atoms with E-state index in [2.05, 4.69) is 15.0 Å². The van der Waals surface area contributed by atoms with Crippen molar-refractivity contribution in [2.75, 3.05) is 12.3 Å². The van der Waals surface area contributed by atoms with Gasteiger partial charge in [0.25, 0.3) is 0 Å². The summed E-state index contributed by atoms with van der Waals surface area (Å²) in [4.78, 5) is 46.6. The van der Waals surface area contributed by atoms with Gasteiger partial charge in [0.1, 0.15) is 18.2 Å². The average Bonchev–Trinajstić information content (AvgIpc) is 3.15. The molecule has 2 aromatic rings. The van der Waals surface area contributed by atoms with E-state index in [1.165, 1.54) is 31.7 Å². The van der Waals surface area contributed by atoms with Crippen molar-refractivity contribution in [2.24, 2.45) is 0 Å². The lowest BCUT2D eigenvalue weighted by Crippen LogP contribution is -2.40. The topological polar surface area (TPSA) is 158 Å². The number of hydrogen-bond acceptors (Lipinski definition) is 11. The molecule has 0 spiro atoms. The smallest absolute Gasteiger partial charge is 0.303 e. The van der Waals surface area contributed by atoms with E-state index in [0.717, 1.165) is 0 Å². The van der Waals surface area contributed by atoms with Crippen LogP contribution in [0.15, 0.2) is 6.33 Å². The number of anilines is 1. The van der Waals surface area contributed by atoms with Gasteiger partial charge in [-0.05, 0) is 11.6 Å². The third-order valence-corrected chi connectivity index (χ3v) is 4.20. The standard InChI is InChI=1S/C16H18ClN5O7/c1-6(23)26-4-9-11(27-7(2)24)12(28-8(3)25)15(29-9)22-5-19-10-13(18)20-16(17)21-14(10)22/h5,9,11-12,15H,4H2,1-3H3,(H2,18,20,21). The maximum Gasteiger partial charge on any atom is 0.303 e. The summed E-state index contributed by atoms with van der Waals surface area (Å²) in [6, 6.07) is 0. The van der Waals surface area contributed by atoms with Gasteiger partial charge in [0.2, 0.25) is 5.28 Å². The number of ether oxygens (including phenoxy) is 4. The zero-order chi connectivity index (χ0) is 21.3. The van der Waals surface area contributed by atoms with E-state index in [1.54, 1.807) is 0 Å². The van der Waals surface area contributed by atoms with Gasteiger partial charge in [-0.3, -0.25) is 19.0 Å². The fourth-order valence-electron chi connectivity index (χ4n) is 3.01. The van der Waals surface area contributed by atoms with E-state index in [9.17, 15) is 14.4 Å². The second-order valence-corrected chi connectivity index (χ2v) is 6.56. The number of halogens is 1. The summed E-state index contributed by atoms with van der Waals surface area (Å²) >= 11 is 5.89. The molecular formula is C16H18ClN5O7. The van der Waals surface area contributed by atoms with Crippen molar-refractivity contribution in [1.29, 1.82) is 0 Å². The Kier molecular flexibility index (Phi) is 5.84. The average molecular weight is 428 g/mol. The summed E-state index contributed by atoms with van der Waals surface area (Å²) in [6.45, 7) is 3.39. The Morgan fingerprint density at radius 2 is 1.79 bits per heavy atom. The maximum absolute atomic E-state index is 11.7. The Labute approximate surface area is 169 Å². The Morgan fingerprint density at radius 3 is 2.41 bits per heavy atom. The van der Waals surface area contributed by atoms with Gasteiger partial charge in [0, 0.05) is 20.8 Å². The monoisotopic (exact) mass is 427 g/mol. The molecule has 29 heavy (non-hydrogen) atoms. The van der Waals surface area contributed by atoms with Gasteiger partial charge < -0.3 is 24.7 Å². The zero-order valence-corrected chi connectivity index (χ0v) is 16.5. The van der Waals surface area contributed by atoms with Crippen molar-refractivity contribution in [3.8, 4) is 0 Å². The molecule has 4 unspecified atom stereocenters. The van der Waals surface area contributed by atoms with Crippen LogP contribution in [0.5, 0.6) is 0 Å². The van der Waals surface area contributed by atoms with Crippen molar-refractivity contribution in [3.63, 3.8) is 0 Å². The van der Waals surface area contributed by atoms with Crippen LogP contribution in [0.4, 0.5) is 5.82 Å². The van der Waals surface area contributed by atoms with Crippen LogP contribution in [0.25, 0.3) is 11.2 Å². The third-order valence-electron chi connectivity index (χ3n) is 4.04. The molecule has 0 amide bonds. The molecule has 2 aromatic heterocycles. The van der Waals surface area contributed by atoms with Gasteiger partial charge >= 0.3 is 17.9 Å². The number of esters is 3. The lowest BCUT2D eigenvalue weighted by Gasteiger charge is -2.23. The van der Waals surface area contributed by atoms with Gasteiger partial charge in [-0.1, -0.05) is 0 Å². The predicted molar refractivity (Wildman–Crippen MR) is 96.4 cm³/mol. The SMILES string of the molecule is CC(=O)OCC1OC(n2cnc3c(N)nc(Cl)nc32)C(OC(C)=O)C1OC(C)=O. The van der Waals surface area contributed by atoms with Gasteiger partial charge in [-0.15, -0.1) is 0 Å². The minimum absolute atomic E-state index is 0.0498. The molecule has 0 saturated carbocycles. The van der Waals surface area contributed by atoms with E-state index in [1.807, 2.05) is 0 Å². The lowest BCUT2D eigenvalue weighted by molar-refractivity contribution is -0.166. The van der Waals surface area contributed by atoms with Crippen molar-refractivity contribution in [3.05, 3.63) is 11.6 Å². The number of nitrogens with zero attached hydrogens (tertiary/aromatic N) is 4. The van der Waals surface area contributed by atoms with Gasteiger partial charge in [-0.25, -0.2) is 4.98 Å². The lowest BCUT2D eigenvalue weighted by atomic mass is 10.1. The van der Waals surface area contributed by atoms with Crippen molar-refractivity contribution in [1.82, 2.24) is 19.5 Å². The molecule has 156 valence electrons. The van der Waals surface area contributed by atoms with Crippen LogP contribution in [-0.2, 0) is 33.3 Å². The highest BCUT2D eigenvalue weighted by Crippen LogP contribution is 2.36. The number of rotatable bonds is 5. The molecule has 4 atom stereocenters. The number of nitrogen functional groups attached to an aromatic ring is 1. The maximum atomic E-state index is 11.7. The molecule has 1 saturated heterocycles. The molecule has 1 aliphatic heterocycles. The van der Waals surface area contributed by atoms with Crippen LogP contribution in [0.3, 0.4) is 0 Å². The molecule has 0 aromatic carbocycles. The third kappa shape index (κ3) is 4.38. The van der Waals surface area contributed by atoms with Crippen LogP contribution >= 0.6 is 11.6 Å². The molecule has 12 nitrogen and oxygen atoms in total. The summed E-state index contributed by atoms with van der Waals surface area (Å²) in [5, 5.41) is -0.119. The van der Waals surface area contributed by atoms with Crippen molar-refractivity contribution in [2.45, 2.75) is 45.3 Å². The molecular weight excluding hydrogens is 410 g/mol. The zero-order valence-electron chi connectivity index (χ0n) is 15.7. The Balaban J connectivity index is 2.04. The van der Waals surface area contributed by atoms with Gasteiger partial charge in [0.15, 0.2) is 29.9 Å². The fraction of sp³-hybridized carbons (Fsp3) is 0.500. The first-order chi connectivity index (χ1) is 13.7.